The molecule has 1 saturated heterocycles. The number of halogens is 1. The van der Waals surface area contributed by atoms with E-state index < -0.39 is 0 Å². The molecule has 2 nitrogen and oxygen atoms in total. The van der Waals surface area contributed by atoms with Crippen molar-refractivity contribution in [3.8, 4) is 0 Å². The van der Waals surface area contributed by atoms with Crippen LogP contribution in [0.25, 0.3) is 0 Å². The van der Waals surface area contributed by atoms with E-state index >= 15 is 0 Å². The number of hydrogen-bond donors (Lipinski definition) is 0. The number of nitrogens with zero attached hydrogens (tertiary/aromatic N) is 1. The third kappa shape index (κ3) is 4.91. The zero-order chi connectivity index (χ0) is 10.2. The Balaban J connectivity index is 1.95. The average molecular weight is 203 g/mol. The van der Waals surface area contributed by atoms with Crippen LogP contribution in [-0.2, 0) is 4.74 Å². The molecule has 0 saturated carbocycles. The van der Waals surface area contributed by atoms with Crippen molar-refractivity contribution in [1.82, 2.24) is 4.90 Å². The topological polar surface area (TPSA) is 12.5 Å². The lowest BCUT2D eigenvalue weighted by molar-refractivity contribution is 0.0807. The first-order valence-electron chi connectivity index (χ1n) is 5.69. The zero-order valence-electron chi connectivity index (χ0n) is 9.17. The van der Waals surface area contributed by atoms with E-state index in [-0.39, 0.29) is 6.67 Å². The maximum atomic E-state index is 11.8. The maximum Gasteiger partial charge on any atom is 0.0894 e. The summed E-state index contributed by atoms with van der Waals surface area (Å²) in [4.78, 5) is 2.30. The molecule has 1 rings (SSSR count). The van der Waals surface area contributed by atoms with Crippen molar-refractivity contribution in [3.05, 3.63) is 0 Å². The Kier molecular flexibility index (Phi) is 6.12. The second-order valence-corrected chi connectivity index (χ2v) is 4.15. The number of likely N-dealkylation sites (N-methyl/N-ethyl adjacent to an activating group) is 1. The molecule has 3 heteroatoms. The van der Waals surface area contributed by atoms with Gasteiger partial charge in [0.15, 0.2) is 0 Å². The Morgan fingerprint density at radius 1 is 1.36 bits per heavy atom. The highest BCUT2D eigenvalue weighted by Gasteiger charge is 2.16. The van der Waals surface area contributed by atoms with Crippen molar-refractivity contribution in [3.63, 3.8) is 0 Å². The van der Waals surface area contributed by atoms with Crippen LogP contribution in [0.1, 0.15) is 32.1 Å². The Morgan fingerprint density at radius 2 is 2.21 bits per heavy atom. The van der Waals surface area contributed by atoms with E-state index in [9.17, 15) is 4.39 Å². The van der Waals surface area contributed by atoms with Crippen LogP contribution in [0.2, 0.25) is 0 Å². The van der Waals surface area contributed by atoms with Gasteiger partial charge in [0.1, 0.15) is 0 Å². The second-order valence-electron chi connectivity index (χ2n) is 4.15. The molecule has 0 aromatic heterocycles. The third-order valence-electron chi connectivity index (χ3n) is 2.71. The van der Waals surface area contributed by atoms with Crippen LogP contribution < -0.4 is 0 Å². The van der Waals surface area contributed by atoms with Gasteiger partial charge in [0.25, 0.3) is 0 Å². The van der Waals surface area contributed by atoms with Crippen LogP contribution >= 0.6 is 0 Å². The molecule has 84 valence electrons. The highest BCUT2D eigenvalue weighted by Crippen LogP contribution is 2.12. The number of unbranched alkanes of at least 4 members (excludes halogenated alkanes) is 2. The number of alkyl halides is 1. The molecule has 0 bridgehead atoms. The summed E-state index contributed by atoms with van der Waals surface area (Å²) in [6, 6.07) is 0. The predicted octanol–water partition coefficient (Wildman–Crippen LogP) is 2.24. The summed E-state index contributed by atoms with van der Waals surface area (Å²) in [7, 11) is 2.12. The molecular weight excluding hydrogens is 181 g/mol. The Morgan fingerprint density at radius 3 is 2.86 bits per heavy atom. The lowest BCUT2D eigenvalue weighted by Gasteiger charge is -2.20. The van der Waals surface area contributed by atoms with E-state index in [2.05, 4.69) is 11.9 Å². The standard InChI is InChI=1S/C11H22FNO/c1-13(8-4-2-3-7-12)10-11-6-5-9-14-11/h11H,2-10H2,1H3/t11-/m0/s1. The first-order chi connectivity index (χ1) is 6.83. The molecule has 0 unspecified atom stereocenters. The molecule has 0 radical (unpaired) electrons. The highest BCUT2D eigenvalue weighted by molar-refractivity contribution is 4.68. The maximum absolute atomic E-state index is 11.8. The molecule has 1 fully saturated rings. The lowest BCUT2D eigenvalue weighted by atomic mass is 10.2. The van der Waals surface area contributed by atoms with Gasteiger partial charge in [0, 0.05) is 13.2 Å². The minimum Gasteiger partial charge on any atom is -0.377 e. The SMILES string of the molecule is CN(CCCCCF)C[C@@H]1CCCO1. The van der Waals surface area contributed by atoms with Crippen molar-refractivity contribution in [2.24, 2.45) is 0 Å². The first-order valence-corrected chi connectivity index (χ1v) is 5.69. The highest BCUT2D eigenvalue weighted by atomic mass is 19.1. The van der Waals surface area contributed by atoms with Crippen molar-refractivity contribution >= 4 is 0 Å². The molecule has 1 atom stereocenters. The van der Waals surface area contributed by atoms with Gasteiger partial charge in [-0.2, -0.15) is 0 Å². The minimum absolute atomic E-state index is 0.171. The normalized spacial score (nSPS) is 22.1. The number of ether oxygens (including phenoxy) is 1. The molecule has 0 amide bonds. The first kappa shape index (κ1) is 11.9. The van der Waals surface area contributed by atoms with Gasteiger partial charge in [0.2, 0.25) is 0 Å². The Bertz CT molecular complexity index is 137. The lowest BCUT2D eigenvalue weighted by Crippen LogP contribution is -2.29. The van der Waals surface area contributed by atoms with Crippen molar-refractivity contribution < 1.29 is 9.13 Å². The van der Waals surface area contributed by atoms with E-state index in [0.29, 0.717) is 12.5 Å². The van der Waals surface area contributed by atoms with Gasteiger partial charge in [-0.1, -0.05) is 0 Å². The van der Waals surface area contributed by atoms with Gasteiger partial charge in [-0.25, -0.2) is 0 Å². The average Bonchev–Trinajstić information content (AvgIpc) is 2.65. The molecule has 0 spiro atoms. The van der Waals surface area contributed by atoms with E-state index in [0.717, 1.165) is 32.5 Å². The smallest absolute Gasteiger partial charge is 0.0894 e. The molecule has 14 heavy (non-hydrogen) atoms. The van der Waals surface area contributed by atoms with Gasteiger partial charge < -0.3 is 9.64 Å². The van der Waals surface area contributed by atoms with Crippen molar-refractivity contribution in [2.45, 2.75) is 38.2 Å². The Hall–Kier alpha value is -0.150. The second kappa shape index (κ2) is 7.18. The van der Waals surface area contributed by atoms with Crippen LogP contribution in [0.5, 0.6) is 0 Å². The summed E-state index contributed by atoms with van der Waals surface area (Å²) in [5, 5.41) is 0. The fourth-order valence-corrected chi connectivity index (χ4v) is 1.88. The molecule has 1 aliphatic heterocycles. The molecule has 0 aliphatic carbocycles. The van der Waals surface area contributed by atoms with Gasteiger partial charge >= 0.3 is 0 Å². The number of hydrogen-bond acceptors (Lipinski definition) is 2. The molecular formula is C11H22FNO. The fraction of sp³-hybridized carbons (Fsp3) is 1.00. The van der Waals surface area contributed by atoms with Crippen LogP contribution in [0.15, 0.2) is 0 Å². The predicted molar refractivity (Wildman–Crippen MR) is 56.3 cm³/mol. The van der Waals surface area contributed by atoms with E-state index in [4.69, 9.17) is 4.74 Å². The summed E-state index contributed by atoms with van der Waals surface area (Å²) >= 11 is 0. The van der Waals surface area contributed by atoms with Crippen LogP contribution in [0, 0.1) is 0 Å². The summed E-state index contributed by atoms with van der Waals surface area (Å²) in [5.41, 5.74) is 0. The zero-order valence-corrected chi connectivity index (χ0v) is 9.17. The monoisotopic (exact) mass is 203 g/mol. The Labute approximate surface area is 86.4 Å². The number of rotatable bonds is 7. The van der Waals surface area contributed by atoms with Crippen LogP contribution in [0.4, 0.5) is 4.39 Å². The van der Waals surface area contributed by atoms with Gasteiger partial charge in [-0.05, 0) is 45.7 Å². The summed E-state index contributed by atoms with van der Waals surface area (Å²) < 4.78 is 17.4. The van der Waals surface area contributed by atoms with E-state index in [1.807, 2.05) is 0 Å². The summed E-state index contributed by atoms with van der Waals surface area (Å²) in [6.45, 7) is 2.87. The fourth-order valence-electron chi connectivity index (χ4n) is 1.88. The molecule has 1 heterocycles. The van der Waals surface area contributed by atoms with Crippen molar-refractivity contribution in [1.29, 1.82) is 0 Å². The summed E-state index contributed by atoms with van der Waals surface area (Å²) in [5.74, 6) is 0. The van der Waals surface area contributed by atoms with Gasteiger partial charge in [-0.15, -0.1) is 0 Å². The largest absolute Gasteiger partial charge is 0.377 e. The van der Waals surface area contributed by atoms with Crippen LogP contribution in [0.3, 0.4) is 0 Å². The molecule has 0 aromatic rings. The van der Waals surface area contributed by atoms with Crippen LogP contribution in [-0.4, -0.2) is 44.4 Å². The third-order valence-corrected chi connectivity index (χ3v) is 2.71. The minimum atomic E-state index is -0.171. The molecule has 0 N–H and O–H groups in total. The summed E-state index contributed by atoms with van der Waals surface area (Å²) in [6.07, 6.45) is 5.68. The van der Waals surface area contributed by atoms with Crippen molar-refractivity contribution in [2.75, 3.05) is 33.4 Å². The van der Waals surface area contributed by atoms with E-state index in [1.165, 1.54) is 12.8 Å². The molecule has 1 aliphatic rings. The molecule has 0 aromatic carbocycles. The van der Waals surface area contributed by atoms with Gasteiger partial charge in [0.05, 0.1) is 12.8 Å². The van der Waals surface area contributed by atoms with E-state index in [1.54, 1.807) is 0 Å². The quantitative estimate of drug-likeness (QED) is 0.588. The van der Waals surface area contributed by atoms with Gasteiger partial charge in [-0.3, -0.25) is 4.39 Å².